The number of hydrogen-bond donors (Lipinski definition) is 1. The maximum Gasteiger partial charge on any atom is 0.666 e. The molecule has 0 saturated carbocycles. The Morgan fingerprint density at radius 2 is 2.00 bits per heavy atom. The Morgan fingerprint density at radius 3 is 2.64 bits per heavy atom. The van der Waals surface area contributed by atoms with Crippen LogP contribution in [0.15, 0.2) is 12.1 Å². The number of fused-ring (bicyclic) bond motifs is 1. The van der Waals surface area contributed by atoms with E-state index in [2.05, 4.69) is 0 Å². The number of hydrogen-bond acceptors (Lipinski definition) is 4. The van der Waals surface area contributed by atoms with E-state index in [-0.39, 0.29) is 0 Å². The van der Waals surface area contributed by atoms with E-state index in [0.717, 1.165) is 11.1 Å². The predicted molar refractivity (Wildman–Crippen MR) is 53.3 cm³/mol. The van der Waals surface area contributed by atoms with Crippen LogP contribution in [-0.2, 0) is 4.52 Å². The van der Waals surface area contributed by atoms with E-state index >= 15 is 0 Å². The molecule has 1 aromatic rings. The van der Waals surface area contributed by atoms with E-state index in [0.29, 0.717) is 11.5 Å². The van der Waals surface area contributed by atoms with Gasteiger partial charge in [0.05, 0.1) is 7.11 Å². The van der Waals surface area contributed by atoms with Gasteiger partial charge in [0.2, 0.25) is 11.5 Å². The van der Waals surface area contributed by atoms with Crippen LogP contribution in [0.5, 0.6) is 11.5 Å². The standard InChI is InChI=1S/C9H12O4P/c1-6-4-5-8-9(7(6)2)13-14(10,11-3)12-8/h4-5,10H,1-3H3/q+1. The molecule has 0 bridgehead atoms. The summed E-state index contributed by atoms with van der Waals surface area (Å²) < 4.78 is 15.3. The molecule has 0 spiro atoms. The zero-order valence-electron chi connectivity index (χ0n) is 8.27. The second-order valence-electron chi connectivity index (χ2n) is 3.17. The van der Waals surface area contributed by atoms with Crippen molar-refractivity contribution in [3.05, 3.63) is 23.3 Å². The van der Waals surface area contributed by atoms with Crippen molar-refractivity contribution in [2.75, 3.05) is 7.11 Å². The monoisotopic (exact) mass is 215 g/mol. The molecule has 4 nitrogen and oxygen atoms in total. The van der Waals surface area contributed by atoms with Crippen molar-refractivity contribution in [2.24, 2.45) is 0 Å². The molecule has 1 heterocycles. The lowest BCUT2D eigenvalue weighted by Crippen LogP contribution is -2.02. The van der Waals surface area contributed by atoms with Gasteiger partial charge in [-0.3, -0.25) is 4.52 Å². The molecule has 1 aromatic carbocycles. The second-order valence-corrected chi connectivity index (χ2v) is 4.84. The van der Waals surface area contributed by atoms with E-state index in [1.807, 2.05) is 19.9 Å². The Morgan fingerprint density at radius 1 is 1.29 bits per heavy atom. The van der Waals surface area contributed by atoms with E-state index in [1.165, 1.54) is 7.11 Å². The van der Waals surface area contributed by atoms with Gasteiger partial charge in [-0.05, 0) is 25.5 Å². The van der Waals surface area contributed by atoms with Crippen LogP contribution in [0.4, 0.5) is 0 Å². The van der Waals surface area contributed by atoms with Gasteiger partial charge in [-0.2, -0.15) is 4.89 Å². The van der Waals surface area contributed by atoms with Crippen molar-refractivity contribution in [2.45, 2.75) is 13.8 Å². The Balaban J connectivity index is 2.45. The van der Waals surface area contributed by atoms with E-state index < -0.39 is 8.17 Å². The molecular formula is C9H12O4P+. The summed E-state index contributed by atoms with van der Waals surface area (Å²) in [7, 11) is -1.77. The summed E-state index contributed by atoms with van der Waals surface area (Å²) in [5, 5.41) is 0. The second kappa shape index (κ2) is 3.09. The van der Waals surface area contributed by atoms with Crippen LogP contribution in [0, 0.1) is 13.8 Å². The minimum atomic E-state index is -3.13. The normalized spacial score (nSPS) is 24.0. The molecule has 0 saturated heterocycles. The van der Waals surface area contributed by atoms with Gasteiger partial charge in [0.25, 0.3) is 0 Å². The van der Waals surface area contributed by atoms with Crippen LogP contribution >= 0.6 is 8.17 Å². The maximum atomic E-state index is 9.68. The lowest BCUT2D eigenvalue weighted by molar-refractivity contribution is 0.234. The molecule has 76 valence electrons. The average molecular weight is 215 g/mol. The molecule has 1 aliphatic rings. The number of benzene rings is 1. The lowest BCUT2D eigenvalue weighted by Gasteiger charge is -2.03. The highest BCUT2D eigenvalue weighted by atomic mass is 31.2. The zero-order valence-corrected chi connectivity index (χ0v) is 9.17. The van der Waals surface area contributed by atoms with Gasteiger partial charge in [0, 0.05) is 5.56 Å². The first kappa shape index (κ1) is 9.71. The SMILES string of the molecule is CO[P+]1(O)Oc2ccc(C)c(C)c2O1. The first-order valence-electron chi connectivity index (χ1n) is 4.22. The van der Waals surface area contributed by atoms with Gasteiger partial charge in [0.15, 0.2) is 0 Å². The molecule has 1 atom stereocenters. The molecule has 1 aliphatic heterocycles. The van der Waals surface area contributed by atoms with Crippen molar-refractivity contribution in [3.63, 3.8) is 0 Å². The van der Waals surface area contributed by atoms with Gasteiger partial charge >= 0.3 is 8.17 Å². The van der Waals surface area contributed by atoms with Gasteiger partial charge in [-0.15, -0.1) is 4.52 Å². The summed E-state index contributed by atoms with van der Waals surface area (Å²) in [6.07, 6.45) is 0. The fourth-order valence-corrected chi connectivity index (χ4v) is 2.32. The molecule has 14 heavy (non-hydrogen) atoms. The smallest absolute Gasteiger partial charge is 0.250 e. The number of aryl methyl sites for hydroxylation is 1. The summed E-state index contributed by atoms with van der Waals surface area (Å²) in [5.74, 6) is 1.13. The summed E-state index contributed by atoms with van der Waals surface area (Å²) in [5.41, 5.74) is 2.06. The first-order chi connectivity index (χ1) is 6.56. The van der Waals surface area contributed by atoms with Crippen LogP contribution in [0.2, 0.25) is 0 Å². The van der Waals surface area contributed by atoms with E-state index in [9.17, 15) is 4.89 Å². The topological polar surface area (TPSA) is 47.9 Å². The van der Waals surface area contributed by atoms with Crippen LogP contribution in [-0.4, -0.2) is 12.0 Å². The summed E-state index contributed by atoms with van der Waals surface area (Å²) in [4.78, 5) is 9.68. The Kier molecular flexibility index (Phi) is 2.14. The van der Waals surface area contributed by atoms with E-state index in [4.69, 9.17) is 13.6 Å². The van der Waals surface area contributed by atoms with Crippen LogP contribution in [0.3, 0.4) is 0 Å². The van der Waals surface area contributed by atoms with Gasteiger partial charge in [0.1, 0.15) is 0 Å². The Labute approximate surface area is 83.1 Å². The summed E-state index contributed by atoms with van der Waals surface area (Å²) >= 11 is 0. The minimum absolute atomic E-state index is 0.547. The van der Waals surface area contributed by atoms with Crippen LogP contribution < -0.4 is 9.05 Å². The van der Waals surface area contributed by atoms with Crippen molar-refractivity contribution in [1.82, 2.24) is 0 Å². The molecule has 2 rings (SSSR count). The highest BCUT2D eigenvalue weighted by molar-refractivity contribution is 7.56. The van der Waals surface area contributed by atoms with Crippen molar-refractivity contribution in [3.8, 4) is 11.5 Å². The lowest BCUT2D eigenvalue weighted by atomic mass is 10.1. The first-order valence-corrected chi connectivity index (χ1v) is 5.72. The van der Waals surface area contributed by atoms with Gasteiger partial charge in [-0.1, -0.05) is 6.07 Å². The molecule has 0 amide bonds. The Hall–Kier alpha value is -0.830. The highest BCUT2D eigenvalue weighted by Crippen LogP contribution is 2.65. The third kappa shape index (κ3) is 1.36. The number of rotatable bonds is 1. The van der Waals surface area contributed by atoms with Crippen molar-refractivity contribution >= 4 is 8.17 Å². The fourth-order valence-electron chi connectivity index (χ4n) is 1.28. The Bertz CT molecular complexity index is 379. The maximum absolute atomic E-state index is 9.68. The molecule has 0 aromatic heterocycles. The molecule has 0 radical (unpaired) electrons. The molecule has 1 unspecified atom stereocenters. The summed E-state index contributed by atoms with van der Waals surface area (Å²) in [6, 6.07) is 3.69. The molecular weight excluding hydrogens is 203 g/mol. The highest BCUT2D eigenvalue weighted by Gasteiger charge is 2.54. The zero-order chi connectivity index (χ0) is 10.3. The summed E-state index contributed by atoms with van der Waals surface area (Å²) in [6.45, 7) is 3.89. The minimum Gasteiger partial charge on any atom is -0.250 e. The predicted octanol–water partition coefficient (Wildman–Crippen LogP) is 2.39. The van der Waals surface area contributed by atoms with Gasteiger partial charge in [-0.25, -0.2) is 4.52 Å². The van der Waals surface area contributed by atoms with Gasteiger partial charge < -0.3 is 0 Å². The average Bonchev–Trinajstić information content (AvgIpc) is 2.51. The molecule has 5 heteroatoms. The quantitative estimate of drug-likeness (QED) is 0.730. The van der Waals surface area contributed by atoms with Crippen molar-refractivity contribution in [1.29, 1.82) is 0 Å². The van der Waals surface area contributed by atoms with E-state index in [1.54, 1.807) is 6.07 Å². The largest absolute Gasteiger partial charge is 0.666 e. The molecule has 1 N–H and O–H groups in total. The third-order valence-corrected chi connectivity index (χ3v) is 3.59. The van der Waals surface area contributed by atoms with Crippen molar-refractivity contribution < 1.29 is 18.5 Å². The molecule has 0 aliphatic carbocycles. The van der Waals surface area contributed by atoms with Crippen LogP contribution in [0.1, 0.15) is 11.1 Å². The van der Waals surface area contributed by atoms with Crippen LogP contribution in [0.25, 0.3) is 0 Å². The third-order valence-electron chi connectivity index (χ3n) is 2.29. The fraction of sp³-hybridized carbons (Fsp3) is 0.333. The molecule has 0 fully saturated rings.